The third-order valence-electron chi connectivity index (χ3n) is 2.94. The maximum Gasteiger partial charge on any atom is 0.303 e. The van der Waals surface area contributed by atoms with Crippen molar-refractivity contribution in [2.24, 2.45) is 0 Å². The number of hydrogen-bond donors (Lipinski definition) is 1. The van der Waals surface area contributed by atoms with Gasteiger partial charge in [0, 0.05) is 11.7 Å². The van der Waals surface area contributed by atoms with E-state index in [0.29, 0.717) is 6.42 Å². The van der Waals surface area contributed by atoms with Crippen molar-refractivity contribution in [2.75, 3.05) is 5.75 Å². The van der Waals surface area contributed by atoms with Gasteiger partial charge in [0.1, 0.15) is 0 Å². The largest absolute Gasteiger partial charge is 0.481 e. The van der Waals surface area contributed by atoms with Gasteiger partial charge >= 0.3 is 5.97 Å². The van der Waals surface area contributed by atoms with E-state index in [2.05, 4.69) is 11.8 Å². The van der Waals surface area contributed by atoms with Gasteiger partial charge in [-0.25, -0.2) is 0 Å². The minimum absolute atomic E-state index is 0.341. The van der Waals surface area contributed by atoms with E-state index in [4.69, 9.17) is 5.11 Å². The highest BCUT2D eigenvalue weighted by Gasteiger charge is 2.12. The number of rotatable bonds is 7. The van der Waals surface area contributed by atoms with Crippen LogP contribution in [-0.4, -0.2) is 22.1 Å². The number of thioether (sulfide) groups is 1. The molecule has 0 heterocycles. The third kappa shape index (κ3) is 6.82. The van der Waals surface area contributed by atoms with Crippen LogP contribution in [0.5, 0.6) is 0 Å². The summed E-state index contributed by atoms with van der Waals surface area (Å²) in [5, 5.41) is 9.37. The first-order valence-electron chi connectivity index (χ1n) is 6.12. The molecule has 2 nitrogen and oxygen atoms in total. The minimum Gasteiger partial charge on any atom is -0.481 e. The molecule has 1 saturated carbocycles. The van der Waals surface area contributed by atoms with E-state index in [0.717, 1.165) is 18.1 Å². The van der Waals surface area contributed by atoms with Gasteiger partial charge in [-0.1, -0.05) is 25.7 Å². The predicted molar refractivity (Wildman–Crippen MR) is 65.4 cm³/mol. The van der Waals surface area contributed by atoms with E-state index in [1.54, 1.807) is 0 Å². The lowest BCUT2D eigenvalue weighted by Gasteiger charge is -2.20. The van der Waals surface area contributed by atoms with E-state index in [9.17, 15) is 4.79 Å². The van der Waals surface area contributed by atoms with Gasteiger partial charge in [0.2, 0.25) is 0 Å². The molecule has 1 N–H and O–H groups in total. The Balaban J connectivity index is 1.85. The molecule has 0 aliphatic heterocycles. The van der Waals surface area contributed by atoms with Crippen molar-refractivity contribution in [1.82, 2.24) is 0 Å². The Morgan fingerprint density at radius 2 is 1.87 bits per heavy atom. The zero-order valence-electron chi connectivity index (χ0n) is 9.41. The van der Waals surface area contributed by atoms with Crippen LogP contribution in [0.3, 0.4) is 0 Å². The standard InChI is InChI=1S/C12H22O2S/c13-12(14)9-5-2-6-10-15-11-7-3-1-4-8-11/h11H,1-10H2,(H,13,14). The Hall–Kier alpha value is -0.180. The number of carboxylic acids is 1. The molecule has 0 aromatic carbocycles. The highest BCUT2D eigenvalue weighted by atomic mass is 32.2. The van der Waals surface area contributed by atoms with Crippen molar-refractivity contribution >= 4 is 17.7 Å². The molecule has 0 unspecified atom stereocenters. The lowest BCUT2D eigenvalue weighted by atomic mass is 10.0. The second-order valence-electron chi connectivity index (χ2n) is 4.34. The molecule has 0 atom stereocenters. The van der Waals surface area contributed by atoms with Crippen molar-refractivity contribution in [3.63, 3.8) is 0 Å². The lowest BCUT2D eigenvalue weighted by molar-refractivity contribution is -0.137. The van der Waals surface area contributed by atoms with Crippen molar-refractivity contribution in [3.8, 4) is 0 Å². The van der Waals surface area contributed by atoms with Gasteiger partial charge in [-0.3, -0.25) is 4.79 Å². The van der Waals surface area contributed by atoms with Crippen molar-refractivity contribution in [3.05, 3.63) is 0 Å². The fraction of sp³-hybridized carbons (Fsp3) is 0.917. The molecule has 0 radical (unpaired) electrons. The van der Waals surface area contributed by atoms with Gasteiger partial charge in [0.15, 0.2) is 0 Å². The summed E-state index contributed by atoms with van der Waals surface area (Å²) in [6.45, 7) is 0. The molecule has 0 spiro atoms. The Morgan fingerprint density at radius 3 is 2.53 bits per heavy atom. The van der Waals surface area contributed by atoms with E-state index in [1.807, 2.05) is 0 Å². The maximum absolute atomic E-state index is 10.3. The molecule has 0 aromatic heterocycles. The molecule has 1 aliphatic carbocycles. The van der Waals surface area contributed by atoms with Crippen LogP contribution in [0.15, 0.2) is 0 Å². The maximum atomic E-state index is 10.3. The van der Waals surface area contributed by atoms with E-state index in [-0.39, 0.29) is 0 Å². The molecular formula is C12H22O2S. The fourth-order valence-corrected chi connectivity index (χ4v) is 3.41. The van der Waals surface area contributed by atoms with Gasteiger partial charge in [-0.2, -0.15) is 11.8 Å². The van der Waals surface area contributed by atoms with Gasteiger partial charge < -0.3 is 5.11 Å². The van der Waals surface area contributed by atoms with Crippen LogP contribution in [0.4, 0.5) is 0 Å². The molecule has 1 fully saturated rings. The number of aliphatic carboxylic acids is 1. The van der Waals surface area contributed by atoms with E-state index in [1.165, 1.54) is 44.3 Å². The third-order valence-corrected chi connectivity index (χ3v) is 4.41. The molecule has 0 bridgehead atoms. The van der Waals surface area contributed by atoms with Crippen LogP contribution in [0.2, 0.25) is 0 Å². The van der Waals surface area contributed by atoms with Crippen LogP contribution in [0, 0.1) is 0 Å². The van der Waals surface area contributed by atoms with Crippen LogP contribution in [0.1, 0.15) is 57.8 Å². The summed E-state index contributed by atoms with van der Waals surface area (Å²) < 4.78 is 0. The summed E-state index contributed by atoms with van der Waals surface area (Å²) >= 11 is 2.11. The van der Waals surface area contributed by atoms with Crippen molar-refractivity contribution in [1.29, 1.82) is 0 Å². The first kappa shape index (κ1) is 12.9. The molecule has 0 aromatic rings. The normalized spacial score (nSPS) is 17.9. The number of unbranched alkanes of at least 4 members (excludes halogenated alkanes) is 2. The molecule has 1 rings (SSSR count). The van der Waals surface area contributed by atoms with Gasteiger partial charge in [-0.05, 0) is 31.4 Å². The summed E-state index contributed by atoms with van der Waals surface area (Å²) in [5.41, 5.74) is 0. The fourth-order valence-electron chi connectivity index (χ4n) is 2.04. The number of carbonyl (C=O) groups is 1. The molecule has 1 aliphatic rings. The molecule has 15 heavy (non-hydrogen) atoms. The minimum atomic E-state index is -0.657. The summed E-state index contributed by atoms with van der Waals surface area (Å²) in [6, 6.07) is 0. The number of carboxylic acid groups (broad SMARTS) is 1. The Bertz CT molecular complexity index is 176. The lowest BCUT2D eigenvalue weighted by Crippen LogP contribution is -2.08. The molecule has 3 heteroatoms. The van der Waals surface area contributed by atoms with Crippen LogP contribution < -0.4 is 0 Å². The second kappa shape index (κ2) is 8.03. The topological polar surface area (TPSA) is 37.3 Å². The van der Waals surface area contributed by atoms with E-state index < -0.39 is 5.97 Å². The quantitative estimate of drug-likeness (QED) is 0.678. The average Bonchev–Trinajstić information content (AvgIpc) is 2.24. The summed E-state index contributed by atoms with van der Waals surface area (Å²) in [6.07, 6.45) is 10.5. The molecular weight excluding hydrogens is 208 g/mol. The van der Waals surface area contributed by atoms with Gasteiger partial charge in [0.25, 0.3) is 0 Å². The predicted octanol–water partition coefficient (Wildman–Crippen LogP) is 3.70. The first-order valence-corrected chi connectivity index (χ1v) is 7.17. The number of hydrogen-bond acceptors (Lipinski definition) is 2. The molecule has 88 valence electrons. The Morgan fingerprint density at radius 1 is 1.13 bits per heavy atom. The Kier molecular flexibility index (Phi) is 6.90. The molecule has 0 amide bonds. The average molecular weight is 230 g/mol. The Labute approximate surface area is 96.8 Å². The monoisotopic (exact) mass is 230 g/mol. The van der Waals surface area contributed by atoms with Crippen molar-refractivity contribution < 1.29 is 9.90 Å². The SMILES string of the molecule is O=C(O)CCCCCSC1CCCCC1. The second-order valence-corrected chi connectivity index (χ2v) is 5.74. The first-order chi connectivity index (χ1) is 7.29. The molecule has 0 saturated heterocycles. The van der Waals surface area contributed by atoms with Crippen LogP contribution in [-0.2, 0) is 4.79 Å². The zero-order chi connectivity index (χ0) is 10.9. The summed E-state index contributed by atoms with van der Waals surface area (Å²) in [4.78, 5) is 10.3. The van der Waals surface area contributed by atoms with E-state index >= 15 is 0 Å². The van der Waals surface area contributed by atoms with Gasteiger partial charge in [-0.15, -0.1) is 0 Å². The smallest absolute Gasteiger partial charge is 0.303 e. The highest BCUT2D eigenvalue weighted by Crippen LogP contribution is 2.28. The van der Waals surface area contributed by atoms with Crippen molar-refractivity contribution in [2.45, 2.75) is 63.0 Å². The highest BCUT2D eigenvalue weighted by molar-refractivity contribution is 7.99. The van der Waals surface area contributed by atoms with Crippen LogP contribution >= 0.6 is 11.8 Å². The van der Waals surface area contributed by atoms with Gasteiger partial charge in [0.05, 0.1) is 0 Å². The summed E-state index contributed by atoms with van der Waals surface area (Å²) in [7, 11) is 0. The van der Waals surface area contributed by atoms with Crippen LogP contribution in [0.25, 0.3) is 0 Å². The summed E-state index contributed by atoms with van der Waals surface area (Å²) in [5.74, 6) is 0.569. The zero-order valence-corrected chi connectivity index (χ0v) is 10.2.